The molecule has 4 rings (SSSR count). The number of urea groups is 1. The fourth-order valence-corrected chi connectivity index (χ4v) is 3.68. The summed E-state index contributed by atoms with van der Waals surface area (Å²) >= 11 is 3.50. The minimum absolute atomic E-state index is 0.0819. The molecular formula is C20H20BrN3O2. The van der Waals surface area contributed by atoms with Gasteiger partial charge in [-0.05, 0) is 49.6 Å². The number of carbonyl (C=O) groups is 1. The normalized spacial score (nSPS) is 17.5. The molecule has 134 valence electrons. The van der Waals surface area contributed by atoms with E-state index in [4.69, 9.17) is 4.42 Å². The van der Waals surface area contributed by atoms with E-state index in [0.29, 0.717) is 6.54 Å². The number of benzene rings is 2. The second-order valence-electron chi connectivity index (χ2n) is 6.70. The van der Waals surface area contributed by atoms with Crippen LogP contribution in [0.4, 0.5) is 10.5 Å². The second-order valence-corrected chi connectivity index (χ2v) is 7.55. The molecule has 6 heteroatoms. The number of anilines is 1. The number of para-hydroxylation sites is 2. The number of hydrogen-bond acceptors (Lipinski definition) is 3. The number of hydrogen-bond donors (Lipinski definition) is 1. The molecule has 1 aliphatic heterocycles. The summed E-state index contributed by atoms with van der Waals surface area (Å²) in [4.78, 5) is 19.1. The lowest BCUT2D eigenvalue weighted by Gasteiger charge is -2.31. The molecule has 0 saturated carbocycles. The second kappa shape index (κ2) is 7.11. The van der Waals surface area contributed by atoms with E-state index in [1.54, 1.807) is 0 Å². The summed E-state index contributed by atoms with van der Waals surface area (Å²) in [5.74, 6) is 0.855. The van der Waals surface area contributed by atoms with Crippen LogP contribution in [0.25, 0.3) is 11.1 Å². The fourth-order valence-electron chi connectivity index (χ4n) is 3.30. The molecule has 1 unspecified atom stereocenters. The minimum atomic E-state index is -0.0819. The van der Waals surface area contributed by atoms with Crippen molar-refractivity contribution in [3.63, 3.8) is 0 Å². The lowest BCUT2D eigenvalue weighted by molar-refractivity contribution is 0.187. The molecule has 1 atom stereocenters. The van der Waals surface area contributed by atoms with E-state index >= 15 is 0 Å². The largest absolute Gasteiger partial charge is 0.440 e. The molecule has 26 heavy (non-hydrogen) atoms. The van der Waals surface area contributed by atoms with E-state index in [1.807, 2.05) is 54.3 Å². The van der Waals surface area contributed by atoms with Crippen molar-refractivity contribution in [3.8, 4) is 0 Å². The Hall–Kier alpha value is -2.34. The number of carbonyl (C=O) groups excluding carboxylic acids is 1. The summed E-state index contributed by atoms with van der Waals surface area (Å²) in [7, 11) is 0. The molecule has 1 N–H and O–H groups in total. The summed E-state index contributed by atoms with van der Waals surface area (Å²) in [6.07, 6.45) is 1.92. The van der Waals surface area contributed by atoms with E-state index < -0.39 is 0 Å². The number of nitrogens with one attached hydrogen (secondary N) is 1. The molecule has 1 aromatic heterocycles. The predicted molar refractivity (Wildman–Crippen MR) is 105 cm³/mol. The van der Waals surface area contributed by atoms with E-state index in [9.17, 15) is 4.79 Å². The van der Waals surface area contributed by atoms with E-state index in [0.717, 1.165) is 52.1 Å². The van der Waals surface area contributed by atoms with Crippen LogP contribution in [0.3, 0.4) is 0 Å². The average Bonchev–Trinajstić information content (AvgIpc) is 3.09. The number of fused-ring (bicyclic) bond motifs is 1. The number of likely N-dealkylation sites (tertiary alicyclic amines) is 1. The van der Waals surface area contributed by atoms with Gasteiger partial charge in [0.05, 0.1) is 5.92 Å². The Morgan fingerprint density at radius 2 is 2.15 bits per heavy atom. The molecule has 2 aromatic carbocycles. The highest BCUT2D eigenvalue weighted by molar-refractivity contribution is 9.10. The van der Waals surface area contributed by atoms with Gasteiger partial charge in [0.25, 0.3) is 0 Å². The van der Waals surface area contributed by atoms with Crippen LogP contribution >= 0.6 is 15.9 Å². The molecule has 1 saturated heterocycles. The Labute approximate surface area is 160 Å². The number of oxazole rings is 1. The molecule has 1 aliphatic rings. The Balaban J connectivity index is 1.47. The lowest BCUT2D eigenvalue weighted by atomic mass is 9.98. The van der Waals surface area contributed by atoms with Crippen LogP contribution < -0.4 is 5.32 Å². The topological polar surface area (TPSA) is 58.4 Å². The van der Waals surface area contributed by atoms with Crippen molar-refractivity contribution in [3.05, 3.63) is 58.4 Å². The summed E-state index contributed by atoms with van der Waals surface area (Å²) in [6.45, 7) is 3.38. The van der Waals surface area contributed by atoms with Gasteiger partial charge in [-0.25, -0.2) is 9.78 Å². The average molecular weight is 414 g/mol. The summed E-state index contributed by atoms with van der Waals surface area (Å²) < 4.78 is 6.89. The number of piperidine rings is 1. The van der Waals surface area contributed by atoms with Crippen LogP contribution in [0.1, 0.15) is 30.2 Å². The van der Waals surface area contributed by atoms with Gasteiger partial charge in [-0.1, -0.05) is 34.1 Å². The first-order chi connectivity index (χ1) is 12.6. The molecule has 2 heterocycles. The van der Waals surface area contributed by atoms with Crippen LogP contribution in [0.5, 0.6) is 0 Å². The van der Waals surface area contributed by atoms with Gasteiger partial charge in [-0.2, -0.15) is 0 Å². The summed E-state index contributed by atoms with van der Waals surface area (Å²) in [6, 6.07) is 13.5. The molecule has 5 nitrogen and oxygen atoms in total. The smallest absolute Gasteiger partial charge is 0.321 e. The van der Waals surface area contributed by atoms with E-state index in [1.165, 1.54) is 0 Å². The number of amides is 2. The molecule has 1 fully saturated rings. The number of nitrogens with zero attached hydrogens (tertiary/aromatic N) is 2. The van der Waals surface area contributed by atoms with Crippen LogP contribution in [0, 0.1) is 6.92 Å². The first-order valence-corrected chi connectivity index (χ1v) is 9.57. The number of rotatable bonds is 2. The van der Waals surface area contributed by atoms with Gasteiger partial charge >= 0.3 is 6.03 Å². The highest BCUT2D eigenvalue weighted by Crippen LogP contribution is 2.29. The highest BCUT2D eigenvalue weighted by Gasteiger charge is 2.28. The third-order valence-corrected chi connectivity index (χ3v) is 5.65. The van der Waals surface area contributed by atoms with Gasteiger partial charge < -0.3 is 14.6 Å². The van der Waals surface area contributed by atoms with Gasteiger partial charge in [0, 0.05) is 23.2 Å². The maximum atomic E-state index is 12.7. The maximum absolute atomic E-state index is 12.7. The maximum Gasteiger partial charge on any atom is 0.321 e. The standard InChI is InChI=1S/C20H20BrN3O2/c1-13-8-9-15(11-16(13)21)22-20(25)24-10-4-5-14(12-24)19-23-17-6-2-3-7-18(17)26-19/h2-3,6-9,11,14H,4-5,10,12H2,1H3,(H,22,25). The quantitative estimate of drug-likeness (QED) is 0.618. The van der Waals surface area contributed by atoms with Crippen LogP contribution in [-0.4, -0.2) is 29.0 Å². The first kappa shape index (κ1) is 17.1. The third-order valence-electron chi connectivity index (χ3n) is 4.79. The number of aromatic nitrogens is 1. The zero-order chi connectivity index (χ0) is 18.1. The van der Waals surface area contributed by atoms with Crippen molar-refractivity contribution in [2.45, 2.75) is 25.7 Å². The molecule has 2 amide bonds. The van der Waals surface area contributed by atoms with Gasteiger partial charge in [-0.3, -0.25) is 0 Å². The van der Waals surface area contributed by atoms with Crippen LogP contribution in [0.15, 0.2) is 51.4 Å². The van der Waals surface area contributed by atoms with Gasteiger partial charge in [-0.15, -0.1) is 0 Å². The van der Waals surface area contributed by atoms with Crippen molar-refractivity contribution in [1.29, 1.82) is 0 Å². The van der Waals surface area contributed by atoms with Crippen LogP contribution in [0.2, 0.25) is 0 Å². The Kier molecular flexibility index (Phi) is 4.68. The highest BCUT2D eigenvalue weighted by atomic mass is 79.9. The fraction of sp³-hybridized carbons (Fsp3) is 0.300. The van der Waals surface area contributed by atoms with Gasteiger partial charge in [0.15, 0.2) is 11.5 Å². The number of halogens is 1. The predicted octanol–water partition coefficient (Wildman–Crippen LogP) is 5.31. The monoisotopic (exact) mass is 413 g/mol. The van der Waals surface area contributed by atoms with Crippen molar-refractivity contribution in [2.75, 3.05) is 18.4 Å². The van der Waals surface area contributed by atoms with Crippen molar-refractivity contribution in [1.82, 2.24) is 9.88 Å². The van der Waals surface area contributed by atoms with E-state index in [-0.39, 0.29) is 11.9 Å². The van der Waals surface area contributed by atoms with Crippen molar-refractivity contribution in [2.24, 2.45) is 0 Å². The number of aryl methyl sites for hydroxylation is 1. The molecule has 0 bridgehead atoms. The summed E-state index contributed by atoms with van der Waals surface area (Å²) in [5.41, 5.74) is 3.59. The Bertz CT molecular complexity index is 920. The lowest BCUT2D eigenvalue weighted by Crippen LogP contribution is -2.41. The molecular weight excluding hydrogens is 394 g/mol. The van der Waals surface area contributed by atoms with Crippen molar-refractivity contribution >= 4 is 38.7 Å². The molecule has 0 spiro atoms. The molecule has 0 radical (unpaired) electrons. The van der Waals surface area contributed by atoms with Gasteiger partial charge in [0.1, 0.15) is 5.52 Å². The Morgan fingerprint density at radius 1 is 1.31 bits per heavy atom. The zero-order valence-electron chi connectivity index (χ0n) is 14.5. The first-order valence-electron chi connectivity index (χ1n) is 8.78. The molecule has 0 aliphatic carbocycles. The van der Waals surface area contributed by atoms with E-state index in [2.05, 4.69) is 26.2 Å². The third kappa shape index (κ3) is 3.46. The minimum Gasteiger partial charge on any atom is -0.440 e. The summed E-state index contributed by atoms with van der Waals surface area (Å²) in [5, 5.41) is 2.98. The molecule has 3 aromatic rings. The Morgan fingerprint density at radius 3 is 2.96 bits per heavy atom. The van der Waals surface area contributed by atoms with Gasteiger partial charge in [0.2, 0.25) is 0 Å². The SMILES string of the molecule is Cc1ccc(NC(=O)N2CCCC(c3nc4ccccc4o3)C2)cc1Br. The zero-order valence-corrected chi connectivity index (χ0v) is 16.1. The van der Waals surface area contributed by atoms with Crippen molar-refractivity contribution < 1.29 is 9.21 Å². The van der Waals surface area contributed by atoms with Crippen LogP contribution in [-0.2, 0) is 0 Å².